The molecule has 0 fully saturated rings. The summed E-state index contributed by atoms with van der Waals surface area (Å²) in [6.07, 6.45) is 0.526. The zero-order valence-corrected chi connectivity index (χ0v) is 21.5. The maximum absolute atomic E-state index is 13.3. The van der Waals surface area contributed by atoms with Crippen LogP contribution in [0.4, 0.5) is 0 Å². The second-order valence-corrected chi connectivity index (χ2v) is 8.99. The number of nitrogens with one attached hydrogen (secondary N) is 4. The molecule has 13 N–H and O–H groups in total. The lowest BCUT2D eigenvalue weighted by atomic mass is 10.0. The molecule has 3 amide bonds. The van der Waals surface area contributed by atoms with E-state index in [0.717, 1.165) is 10.9 Å². The molecule has 1 aromatic heterocycles. The summed E-state index contributed by atoms with van der Waals surface area (Å²) in [7, 11) is 0. The van der Waals surface area contributed by atoms with Crippen molar-refractivity contribution in [1.82, 2.24) is 20.9 Å². The number of nitrogens with two attached hydrogens (primary N) is 3. The monoisotopic (exact) mass is 548 g/mol. The van der Waals surface area contributed by atoms with Crippen LogP contribution < -0.4 is 33.2 Å². The van der Waals surface area contributed by atoms with Crippen LogP contribution in [-0.4, -0.2) is 93.4 Å². The van der Waals surface area contributed by atoms with Crippen LogP contribution in [0.2, 0.25) is 0 Å². The standard InChI is InChI=1S/C24H36N8O7/c1-12(34)19(23(38)39)32-22(37)18(9-13-10-29-16-6-3-2-5-14(13)16)31-21(36)17(7-4-8-28-24(26)27)30-20(35)15(25)11-33/h2-3,5-6,10,12,15,17-19,29,33-34H,4,7-9,11,25H2,1H3,(H,30,35)(H,31,36)(H,32,37)(H,38,39)(H4,26,27,28). The molecule has 0 saturated heterocycles. The molecular formula is C24H36N8O7. The number of carboxylic acid groups (broad SMARTS) is 1. The van der Waals surface area contributed by atoms with E-state index in [-0.39, 0.29) is 31.8 Å². The molecule has 0 bridgehead atoms. The average molecular weight is 549 g/mol. The summed E-state index contributed by atoms with van der Waals surface area (Å²) in [6, 6.07) is 1.87. The maximum Gasteiger partial charge on any atom is 0.328 e. The number of carboxylic acids is 1. The Hall–Kier alpha value is -4.21. The molecule has 0 aliphatic carbocycles. The van der Waals surface area contributed by atoms with Crippen molar-refractivity contribution >= 4 is 40.6 Å². The Morgan fingerprint density at radius 1 is 1.03 bits per heavy atom. The minimum absolute atomic E-state index is 0.0431. The Morgan fingerprint density at radius 3 is 2.28 bits per heavy atom. The van der Waals surface area contributed by atoms with Gasteiger partial charge in [-0.25, -0.2) is 4.79 Å². The van der Waals surface area contributed by atoms with Gasteiger partial charge in [-0.3, -0.25) is 19.4 Å². The Balaban J connectivity index is 2.32. The van der Waals surface area contributed by atoms with Gasteiger partial charge in [0.25, 0.3) is 0 Å². The van der Waals surface area contributed by atoms with Crippen molar-refractivity contribution in [3.63, 3.8) is 0 Å². The Labute approximate surface area is 224 Å². The number of aromatic nitrogens is 1. The summed E-state index contributed by atoms with van der Waals surface area (Å²) in [4.78, 5) is 57.3. The van der Waals surface area contributed by atoms with Gasteiger partial charge in [0.2, 0.25) is 17.7 Å². The minimum atomic E-state index is -1.63. The number of aromatic amines is 1. The molecule has 5 unspecified atom stereocenters. The van der Waals surface area contributed by atoms with Gasteiger partial charge in [-0.1, -0.05) is 18.2 Å². The first-order chi connectivity index (χ1) is 18.4. The molecule has 0 aliphatic heterocycles. The third-order valence-electron chi connectivity index (χ3n) is 5.89. The second kappa shape index (κ2) is 14.7. The molecule has 0 radical (unpaired) electrons. The molecule has 5 atom stereocenters. The van der Waals surface area contributed by atoms with Gasteiger partial charge in [-0.2, -0.15) is 0 Å². The number of rotatable bonds is 15. The van der Waals surface area contributed by atoms with Gasteiger partial charge in [0.05, 0.1) is 12.7 Å². The Kier molecular flexibility index (Phi) is 11.7. The van der Waals surface area contributed by atoms with Crippen LogP contribution >= 0.6 is 0 Å². The normalized spacial score (nSPS) is 14.9. The number of H-pyrrole nitrogens is 1. The zero-order chi connectivity index (χ0) is 29.1. The number of fused-ring (bicyclic) bond motifs is 1. The number of carbonyl (C=O) groups is 4. The first-order valence-electron chi connectivity index (χ1n) is 12.2. The van der Waals surface area contributed by atoms with Crippen LogP contribution in [0.5, 0.6) is 0 Å². The average Bonchev–Trinajstić information content (AvgIpc) is 3.29. The molecule has 15 heteroatoms. The van der Waals surface area contributed by atoms with Crippen molar-refractivity contribution in [3.8, 4) is 0 Å². The lowest BCUT2D eigenvalue weighted by Crippen LogP contribution is -2.59. The number of amides is 3. The molecule has 0 aliphatic rings. The van der Waals surface area contributed by atoms with Crippen LogP contribution in [0.3, 0.4) is 0 Å². The third kappa shape index (κ3) is 9.24. The minimum Gasteiger partial charge on any atom is -0.480 e. The molecule has 214 valence electrons. The van der Waals surface area contributed by atoms with Crippen molar-refractivity contribution in [3.05, 3.63) is 36.0 Å². The SMILES string of the molecule is CC(O)C(NC(=O)C(Cc1c[nH]c2ccccc12)NC(=O)C(CCCN=C(N)N)NC(=O)C(N)CO)C(=O)O. The summed E-state index contributed by atoms with van der Waals surface area (Å²) in [6.45, 7) is 0.705. The number of nitrogens with zero attached hydrogens (tertiary/aromatic N) is 1. The summed E-state index contributed by atoms with van der Waals surface area (Å²) >= 11 is 0. The number of guanidine groups is 1. The quantitative estimate of drug-likeness (QED) is 0.0612. The highest BCUT2D eigenvalue weighted by atomic mass is 16.4. The Morgan fingerprint density at radius 2 is 1.67 bits per heavy atom. The van der Waals surface area contributed by atoms with E-state index in [1.807, 2.05) is 18.2 Å². The lowest BCUT2D eigenvalue weighted by molar-refractivity contribution is -0.145. The van der Waals surface area contributed by atoms with Crippen molar-refractivity contribution < 1.29 is 34.5 Å². The van der Waals surface area contributed by atoms with Gasteiger partial charge in [-0.15, -0.1) is 0 Å². The predicted molar refractivity (Wildman–Crippen MR) is 142 cm³/mol. The topological polar surface area (TPSA) is 271 Å². The summed E-state index contributed by atoms with van der Waals surface area (Å²) in [5, 5.41) is 36.5. The highest BCUT2D eigenvalue weighted by Crippen LogP contribution is 2.19. The smallest absolute Gasteiger partial charge is 0.328 e. The Bertz CT molecular complexity index is 1180. The van der Waals surface area contributed by atoms with E-state index < -0.39 is 60.6 Å². The number of carbonyl (C=O) groups excluding carboxylic acids is 3. The van der Waals surface area contributed by atoms with E-state index >= 15 is 0 Å². The first-order valence-corrected chi connectivity index (χ1v) is 12.2. The van der Waals surface area contributed by atoms with Crippen molar-refractivity contribution in [1.29, 1.82) is 0 Å². The van der Waals surface area contributed by atoms with Gasteiger partial charge >= 0.3 is 5.97 Å². The highest BCUT2D eigenvalue weighted by molar-refractivity contribution is 5.95. The van der Waals surface area contributed by atoms with Crippen molar-refractivity contribution in [2.45, 2.75) is 56.5 Å². The number of aliphatic imine (C=N–C) groups is 1. The number of para-hydroxylation sites is 1. The number of aliphatic carboxylic acids is 1. The number of hydrogen-bond donors (Lipinski definition) is 10. The largest absolute Gasteiger partial charge is 0.480 e. The number of aliphatic hydroxyl groups excluding tert-OH is 2. The first kappa shape index (κ1) is 31.0. The van der Waals surface area contributed by atoms with Gasteiger partial charge < -0.3 is 53.5 Å². The molecule has 1 aromatic carbocycles. The van der Waals surface area contributed by atoms with Crippen LogP contribution in [0.25, 0.3) is 10.9 Å². The number of aliphatic hydroxyl groups is 2. The zero-order valence-electron chi connectivity index (χ0n) is 21.5. The van der Waals surface area contributed by atoms with E-state index in [1.54, 1.807) is 12.3 Å². The van der Waals surface area contributed by atoms with Crippen LogP contribution in [0.15, 0.2) is 35.5 Å². The highest BCUT2D eigenvalue weighted by Gasteiger charge is 2.32. The molecule has 2 aromatic rings. The van der Waals surface area contributed by atoms with Gasteiger partial charge in [-0.05, 0) is 31.4 Å². The summed E-state index contributed by atoms with van der Waals surface area (Å²) in [5.74, 6) is -4.03. The van der Waals surface area contributed by atoms with E-state index in [4.69, 9.17) is 17.2 Å². The summed E-state index contributed by atoms with van der Waals surface area (Å²) < 4.78 is 0. The van der Waals surface area contributed by atoms with Crippen LogP contribution in [0.1, 0.15) is 25.3 Å². The van der Waals surface area contributed by atoms with Crippen LogP contribution in [0, 0.1) is 0 Å². The molecule has 0 saturated carbocycles. The van der Waals surface area contributed by atoms with Gasteiger partial charge in [0, 0.05) is 30.1 Å². The maximum atomic E-state index is 13.3. The van der Waals surface area contributed by atoms with E-state index in [9.17, 15) is 34.5 Å². The summed E-state index contributed by atoms with van der Waals surface area (Å²) in [5.41, 5.74) is 17.7. The number of benzene rings is 1. The predicted octanol–water partition coefficient (Wildman–Crippen LogP) is -3.00. The molecule has 2 rings (SSSR count). The fraction of sp³-hybridized carbons (Fsp3) is 0.458. The molecule has 39 heavy (non-hydrogen) atoms. The molecule has 15 nitrogen and oxygen atoms in total. The second-order valence-electron chi connectivity index (χ2n) is 8.99. The fourth-order valence-electron chi connectivity index (χ4n) is 3.78. The van der Waals surface area contributed by atoms with E-state index in [1.165, 1.54) is 6.92 Å². The third-order valence-corrected chi connectivity index (χ3v) is 5.89. The number of hydrogen-bond acceptors (Lipinski definition) is 8. The van der Waals surface area contributed by atoms with Crippen LogP contribution in [-0.2, 0) is 25.6 Å². The van der Waals surface area contributed by atoms with E-state index in [2.05, 4.69) is 25.9 Å². The van der Waals surface area contributed by atoms with Crippen molar-refractivity contribution in [2.24, 2.45) is 22.2 Å². The molecule has 1 heterocycles. The van der Waals surface area contributed by atoms with Gasteiger partial charge in [0.1, 0.15) is 18.1 Å². The molecular weight excluding hydrogens is 512 g/mol. The van der Waals surface area contributed by atoms with Crippen molar-refractivity contribution in [2.75, 3.05) is 13.2 Å². The lowest BCUT2D eigenvalue weighted by Gasteiger charge is -2.25. The van der Waals surface area contributed by atoms with E-state index in [0.29, 0.717) is 5.56 Å². The molecule has 0 spiro atoms. The fourth-order valence-corrected chi connectivity index (χ4v) is 3.78. The van der Waals surface area contributed by atoms with Gasteiger partial charge in [0.15, 0.2) is 12.0 Å².